The van der Waals surface area contributed by atoms with Crippen LogP contribution >= 0.6 is 23.2 Å². The normalized spacial score (nSPS) is 10.4. The fourth-order valence-electron chi connectivity index (χ4n) is 1.76. The van der Waals surface area contributed by atoms with Gasteiger partial charge in [-0.2, -0.15) is 0 Å². The first kappa shape index (κ1) is 12.3. The van der Waals surface area contributed by atoms with Gasteiger partial charge in [0.25, 0.3) is 0 Å². The highest BCUT2D eigenvalue weighted by molar-refractivity contribution is 6.35. The Morgan fingerprint density at radius 2 is 1.59 bits per heavy atom. The number of rotatable bonds is 2. The van der Waals surface area contributed by atoms with Crippen LogP contribution in [0.15, 0.2) is 36.4 Å². The van der Waals surface area contributed by atoms with Crippen molar-refractivity contribution in [3.05, 3.63) is 52.0 Å². The molecule has 0 radical (unpaired) electrons. The summed E-state index contributed by atoms with van der Waals surface area (Å²) in [6, 6.07) is 11.5. The molecule has 0 aliphatic carbocycles. The van der Waals surface area contributed by atoms with Crippen LogP contribution in [0, 0.1) is 6.92 Å². The fourth-order valence-corrected chi connectivity index (χ4v) is 2.28. The van der Waals surface area contributed by atoms with Gasteiger partial charge in [0.2, 0.25) is 0 Å². The molecule has 0 aliphatic rings. The summed E-state index contributed by atoms with van der Waals surface area (Å²) in [6.07, 6.45) is 0. The van der Waals surface area contributed by atoms with Crippen LogP contribution in [0.2, 0.25) is 10.0 Å². The second kappa shape index (κ2) is 4.99. The van der Waals surface area contributed by atoms with E-state index in [9.17, 15) is 0 Å². The lowest BCUT2D eigenvalue weighted by Gasteiger charge is -2.10. The highest BCUT2D eigenvalue weighted by Crippen LogP contribution is 2.34. The van der Waals surface area contributed by atoms with E-state index in [1.54, 1.807) is 13.2 Å². The molecule has 3 heteroatoms. The van der Waals surface area contributed by atoms with Gasteiger partial charge in [0.05, 0.1) is 7.11 Å². The molecule has 0 spiro atoms. The molecule has 0 saturated carbocycles. The molecule has 1 nitrogen and oxygen atoms in total. The number of ether oxygens (including phenoxy) is 1. The van der Waals surface area contributed by atoms with Crippen molar-refractivity contribution in [2.45, 2.75) is 6.92 Å². The minimum absolute atomic E-state index is 0.621. The van der Waals surface area contributed by atoms with Crippen LogP contribution in [0.4, 0.5) is 0 Å². The van der Waals surface area contributed by atoms with Gasteiger partial charge in [-0.15, -0.1) is 0 Å². The smallest absolute Gasteiger partial charge is 0.126 e. The van der Waals surface area contributed by atoms with Crippen LogP contribution in [0.3, 0.4) is 0 Å². The van der Waals surface area contributed by atoms with Crippen LogP contribution in [-0.4, -0.2) is 7.11 Å². The number of benzene rings is 2. The highest BCUT2D eigenvalue weighted by Gasteiger charge is 2.07. The molecule has 2 aromatic carbocycles. The first-order valence-corrected chi connectivity index (χ1v) is 5.97. The summed E-state index contributed by atoms with van der Waals surface area (Å²) in [4.78, 5) is 0. The SMILES string of the molecule is COc1ccc(C)cc1-c1cc(Cl)cc(Cl)c1. The maximum absolute atomic E-state index is 6.01. The maximum atomic E-state index is 6.01. The third-order valence-electron chi connectivity index (χ3n) is 2.53. The lowest BCUT2D eigenvalue weighted by atomic mass is 10.0. The number of hydrogen-bond acceptors (Lipinski definition) is 1. The predicted molar refractivity (Wildman–Crippen MR) is 73.2 cm³/mol. The number of aryl methyl sites for hydroxylation is 1. The fraction of sp³-hybridized carbons (Fsp3) is 0.143. The quantitative estimate of drug-likeness (QED) is 0.745. The number of hydrogen-bond donors (Lipinski definition) is 0. The molecular weight excluding hydrogens is 255 g/mol. The van der Waals surface area contributed by atoms with Gasteiger partial charge in [-0.1, -0.05) is 34.8 Å². The van der Waals surface area contributed by atoms with E-state index in [1.165, 1.54) is 0 Å². The molecular formula is C14H12Cl2O. The summed E-state index contributed by atoms with van der Waals surface area (Å²) in [5.41, 5.74) is 3.12. The summed E-state index contributed by atoms with van der Waals surface area (Å²) in [7, 11) is 1.65. The first-order valence-electron chi connectivity index (χ1n) is 5.21. The van der Waals surface area contributed by atoms with Crippen molar-refractivity contribution in [3.8, 4) is 16.9 Å². The van der Waals surface area contributed by atoms with Crippen LogP contribution in [-0.2, 0) is 0 Å². The van der Waals surface area contributed by atoms with Gasteiger partial charge in [0.15, 0.2) is 0 Å². The largest absolute Gasteiger partial charge is 0.496 e. The Morgan fingerprint density at radius 1 is 0.941 bits per heavy atom. The van der Waals surface area contributed by atoms with Crippen molar-refractivity contribution in [1.29, 1.82) is 0 Å². The Labute approximate surface area is 111 Å². The van der Waals surface area contributed by atoms with Crippen LogP contribution in [0.1, 0.15) is 5.56 Å². The van der Waals surface area contributed by atoms with E-state index in [0.29, 0.717) is 10.0 Å². The standard InChI is InChI=1S/C14H12Cl2O/c1-9-3-4-14(17-2)13(5-9)10-6-11(15)8-12(16)7-10/h3-8H,1-2H3. The van der Waals surface area contributed by atoms with Crippen molar-refractivity contribution in [2.75, 3.05) is 7.11 Å². The molecule has 0 atom stereocenters. The summed E-state index contributed by atoms with van der Waals surface area (Å²) >= 11 is 12.0. The van der Waals surface area contributed by atoms with E-state index in [4.69, 9.17) is 27.9 Å². The zero-order valence-electron chi connectivity index (χ0n) is 9.63. The Bertz CT molecular complexity index is 530. The zero-order chi connectivity index (χ0) is 12.4. The van der Waals surface area contributed by atoms with Crippen molar-refractivity contribution < 1.29 is 4.74 Å². The minimum atomic E-state index is 0.621. The topological polar surface area (TPSA) is 9.23 Å². The molecule has 0 heterocycles. The predicted octanol–water partition coefficient (Wildman–Crippen LogP) is 4.98. The van der Waals surface area contributed by atoms with Crippen LogP contribution < -0.4 is 4.74 Å². The van der Waals surface area contributed by atoms with Crippen molar-refractivity contribution in [2.24, 2.45) is 0 Å². The van der Waals surface area contributed by atoms with Crippen molar-refractivity contribution >= 4 is 23.2 Å². The lowest BCUT2D eigenvalue weighted by molar-refractivity contribution is 0.416. The third-order valence-corrected chi connectivity index (χ3v) is 2.96. The second-order valence-electron chi connectivity index (χ2n) is 3.86. The number of halogens is 2. The zero-order valence-corrected chi connectivity index (χ0v) is 11.1. The average Bonchev–Trinajstić information content (AvgIpc) is 2.27. The third kappa shape index (κ3) is 2.74. The van der Waals surface area contributed by atoms with E-state index in [-0.39, 0.29) is 0 Å². The molecule has 0 saturated heterocycles. The van der Waals surface area contributed by atoms with Gasteiger partial charge >= 0.3 is 0 Å². The Balaban J connectivity index is 2.62. The van der Waals surface area contributed by atoms with Gasteiger partial charge in [-0.3, -0.25) is 0 Å². The average molecular weight is 267 g/mol. The molecule has 0 bridgehead atoms. The first-order chi connectivity index (χ1) is 8.10. The van der Waals surface area contributed by atoms with E-state index in [2.05, 4.69) is 6.07 Å². The molecule has 0 aliphatic heterocycles. The monoisotopic (exact) mass is 266 g/mol. The highest BCUT2D eigenvalue weighted by atomic mass is 35.5. The van der Waals surface area contributed by atoms with Crippen LogP contribution in [0.25, 0.3) is 11.1 Å². The minimum Gasteiger partial charge on any atom is -0.496 e. The molecule has 2 rings (SSSR count). The molecule has 0 amide bonds. The summed E-state index contributed by atoms with van der Waals surface area (Å²) in [5, 5.41) is 1.24. The van der Waals surface area contributed by atoms with Gasteiger partial charge < -0.3 is 4.74 Å². The summed E-state index contributed by atoms with van der Waals surface area (Å²) in [6.45, 7) is 2.04. The number of methoxy groups -OCH3 is 1. The molecule has 17 heavy (non-hydrogen) atoms. The van der Waals surface area contributed by atoms with Gasteiger partial charge in [0.1, 0.15) is 5.75 Å². The molecule has 2 aromatic rings. The Kier molecular flexibility index (Phi) is 3.60. The van der Waals surface area contributed by atoms with E-state index in [0.717, 1.165) is 22.4 Å². The maximum Gasteiger partial charge on any atom is 0.126 e. The molecule has 0 aromatic heterocycles. The molecule has 0 fully saturated rings. The van der Waals surface area contributed by atoms with E-state index < -0.39 is 0 Å². The molecule has 0 N–H and O–H groups in total. The Hall–Kier alpha value is -1.18. The van der Waals surface area contributed by atoms with Crippen molar-refractivity contribution in [3.63, 3.8) is 0 Å². The van der Waals surface area contributed by atoms with Gasteiger partial charge in [-0.05, 0) is 42.8 Å². The van der Waals surface area contributed by atoms with E-state index >= 15 is 0 Å². The second-order valence-corrected chi connectivity index (χ2v) is 4.73. The van der Waals surface area contributed by atoms with Gasteiger partial charge in [0, 0.05) is 15.6 Å². The molecule has 0 unspecified atom stereocenters. The van der Waals surface area contributed by atoms with E-state index in [1.807, 2.05) is 31.2 Å². The summed E-state index contributed by atoms with van der Waals surface area (Å²) < 4.78 is 5.35. The molecule has 88 valence electrons. The van der Waals surface area contributed by atoms with Crippen molar-refractivity contribution in [1.82, 2.24) is 0 Å². The summed E-state index contributed by atoms with van der Waals surface area (Å²) in [5.74, 6) is 0.814. The van der Waals surface area contributed by atoms with Gasteiger partial charge in [-0.25, -0.2) is 0 Å². The Morgan fingerprint density at radius 3 is 2.18 bits per heavy atom. The lowest BCUT2D eigenvalue weighted by Crippen LogP contribution is -1.89. The van der Waals surface area contributed by atoms with Crippen LogP contribution in [0.5, 0.6) is 5.75 Å².